The highest BCUT2D eigenvalue weighted by Crippen LogP contribution is 2.34. The Morgan fingerprint density at radius 1 is 1.26 bits per heavy atom. The van der Waals surface area contributed by atoms with Gasteiger partial charge >= 0.3 is 6.09 Å². The Morgan fingerprint density at radius 3 is 2.50 bits per heavy atom. The molecule has 0 spiro atoms. The van der Waals surface area contributed by atoms with E-state index in [9.17, 15) is 14.0 Å². The van der Waals surface area contributed by atoms with Crippen molar-refractivity contribution < 1.29 is 18.7 Å². The van der Waals surface area contributed by atoms with Crippen molar-refractivity contribution in [3.8, 4) is 5.40 Å². The van der Waals surface area contributed by atoms with E-state index < -0.39 is 18.0 Å². The van der Waals surface area contributed by atoms with Gasteiger partial charge in [-0.25, -0.2) is 9.18 Å². The number of thiocyanates is 1. The van der Waals surface area contributed by atoms with Crippen LogP contribution < -0.4 is 15.1 Å². The average Bonchev–Trinajstić information content (AvgIpc) is 3.20. The van der Waals surface area contributed by atoms with Gasteiger partial charge in [-0.1, -0.05) is 36.4 Å². The van der Waals surface area contributed by atoms with Gasteiger partial charge in [0.15, 0.2) is 0 Å². The number of hydrogen-bond acceptors (Lipinski definition) is 6. The van der Waals surface area contributed by atoms with Gasteiger partial charge in [-0.2, -0.15) is 5.26 Å². The Hall–Kier alpha value is -3.25. The zero-order valence-corrected chi connectivity index (χ0v) is 20.1. The number of benzene rings is 2. The first kappa shape index (κ1) is 25.4. The van der Waals surface area contributed by atoms with E-state index in [0.717, 1.165) is 12.8 Å². The summed E-state index contributed by atoms with van der Waals surface area (Å²) in [6, 6.07) is 16.9. The standard InChI is InChI=1S/C19H23FN4O3S.C6H6/c1-12-7-16(28-11-21)5-6-23(12)18-4-3-14(8-17(18)20)24-10-15(27-19(24)26)9-22-13(2)25;1-2-4-6-5-3-1/h3-4,8,12,15-16H,5-7,9-10H2,1-2H3,(H,22,25);1-6H. The molecule has 3 unspecified atom stereocenters. The number of cyclic esters (lactones) is 1. The Kier molecular flexibility index (Phi) is 9.16. The van der Waals surface area contributed by atoms with E-state index in [1.165, 1.54) is 29.7 Å². The minimum atomic E-state index is -0.551. The Bertz CT molecular complexity index is 990. The molecule has 2 aromatic rings. The minimum Gasteiger partial charge on any atom is -0.442 e. The highest BCUT2D eigenvalue weighted by molar-refractivity contribution is 8.04. The molecule has 0 bridgehead atoms. The Morgan fingerprint density at radius 2 is 1.94 bits per heavy atom. The van der Waals surface area contributed by atoms with E-state index in [2.05, 4.69) is 10.7 Å². The minimum absolute atomic E-state index is 0.124. The second-order valence-corrected chi connectivity index (χ2v) is 9.33. The van der Waals surface area contributed by atoms with Gasteiger partial charge in [0.05, 0.1) is 24.5 Å². The van der Waals surface area contributed by atoms with Crippen LogP contribution in [0, 0.1) is 16.5 Å². The number of piperidine rings is 1. The molecule has 1 N–H and O–H groups in total. The first-order chi connectivity index (χ1) is 16.4. The number of carbonyl (C=O) groups is 2. The van der Waals surface area contributed by atoms with E-state index in [4.69, 9.17) is 10.00 Å². The molecule has 0 radical (unpaired) electrons. The largest absolute Gasteiger partial charge is 0.442 e. The molecule has 2 heterocycles. The zero-order chi connectivity index (χ0) is 24.5. The summed E-state index contributed by atoms with van der Waals surface area (Å²) >= 11 is 1.28. The quantitative estimate of drug-likeness (QED) is 0.627. The van der Waals surface area contributed by atoms with Crippen LogP contribution in [0.15, 0.2) is 54.6 Å². The van der Waals surface area contributed by atoms with Gasteiger partial charge < -0.3 is 15.0 Å². The number of ether oxygens (including phenoxy) is 1. The van der Waals surface area contributed by atoms with Crippen molar-refractivity contribution in [2.45, 2.75) is 44.1 Å². The molecule has 2 saturated heterocycles. The van der Waals surface area contributed by atoms with Crippen molar-refractivity contribution in [2.75, 3.05) is 29.4 Å². The van der Waals surface area contributed by atoms with Crippen LogP contribution in [0.2, 0.25) is 0 Å². The van der Waals surface area contributed by atoms with Gasteiger partial charge in [0.2, 0.25) is 5.91 Å². The molecule has 3 atom stereocenters. The van der Waals surface area contributed by atoms with Gasteiger partial charge in [0.1, 0.15) is 17.3 Å². The predicted molar refractivity (Wildman–Crippen MR) is 132 cm³/mol. The van der Waals surface area contributed by atoms with E-state index in [0.29, 0.717) is 17.9 Å². The molecule has 0 saturated carbocycles. The summed E-state index contributed by atoms with van der Waals surface area (Å²) in [6.45, 7) is 4.59. The lowest BCUT2D eigenvalue weighted by Gasteiger charge is -2.38. The molecule has 2 fully saturated rings. The van der Waals surface area contributed by atoms with Crippen molar-refractivity contribution in [2.24, 2.45) is 0 Å². The molecule has 0 aromatic heterocycles. The monoisotopic (exact) mass is 484 g/mol. The summed E-state index contributed by atoms with van der Waals surface area (Å²) in [6.07, 6.45) is 0.636. The number of carbonyl (C=O) groups excluding carboxylic acids is 2. The van der Waals surface area contributed by atoms with Crippen molar-refractivity contribution in [1.29, 1.82) is 5.26 Å². The van der Waals surface area contributed by atoms with E-state index in [1.807, 2.05) is 48.2 Å². The zero-order valence-electron chi connectivity index (χ0n) is 19.3. The number of thioether (sulfide) groups is 1. The van der Waals surface area contributed by atoms with Crippen molar-refractivity contribution >= 4 is 35.1 Å². The number of anilines is 2. The fourth-order valence-electron chi connectivity index (χ4n) is 4.05. The van der Waals surface area contributed by atoms with Crippen molar-refractivity contribution in [3.05, 3.63) is 60.4 Å². The van der Waals surface area contributed by atoms with E-state index in [1.54, 1.807) is 12.1 Å². The first-order valence-corrected chi connectivity index (χ1v) is 12.1. The number of halogens is 1. The van der Waals surface area contributed by atoms with Crippen LogP contribution in [-0.2, 0) is 9.53 Å². The molecule has 4 rings (SSSR count). The number of nitriles is 1. The van der Waals surface area contributed by atoms with Crippen LogP contribution in [0.4, 0.5) is 20.6 Å². The van der Waals surface area contributed by atoms with Crippen LogP contribution in [0.25, 0.3) is 0 Å². The van der Waals surface area contributed by atoms with Crippen molar-refractivity contribution in [3.63, 3.8) is 0 Å². The third-order valence-corrected chi connectivity index (χ3v) is 6.59. The van der Waals surface area contributed by atoms with E-state index >= 15 is 0 Å². The van der Waals surface area contributed by atoms with Crippen LogP contribution in [0.1, 0.15) is 26.7 Å². The maximum Gasteiger partial charge on any atom is 0.414 e. The summed E-state index contributed by atoms with van der Waals surface area (Å²) in [5.41, 5.74) is 0.929. The summed E-state index contributed by atoms with van der Waals surface area (Å²) in [5, 5.41) is 13.9. The normalized spacial score (nSPS) is 21.7. The topological polar surface area (TPSA) is 85.7 Å². The maximum atomic E-state index is 14.8. The number of amides is 2. The maximum absolute atomic E-state index is 14.8. The summed E-state index contributed by atoms with van der Waals surface area (Å²) in [7, 11) is 0. The van der Waals surface area contributed by atoms with Gasteiger partial charge in [-0.3, -0.25) is 9.69 Å². The number of hydrogen-bond donors (Lipinski definition) is 1. The number of nitrogens with one attached hydrogen (secondary N) is 1. The molecule has 2 aliphatic heterocycles. The fraction of sp³-hybridized carbons (Fsp3) is 0.400. The van der Waals surface area contributed by atoms with E-state index in [-0.39, 0.29) is 30.3 Å². The summed E-state index contributed by atoms with van der Waals surface area (Å²) in [4.78, 5) is 26.5. The molecule has 9 heteroatoms. The SMILES string of the molecule is CC(=O)NCC1CN(c2ccc(N3CCC(SC#N)CC3C)c(F)c2)C(=O)O1.c1ccccc1. The first-order valence-electron chi connectivity index (χ1n) is 11.2. The smallest absolute Gasteiger partial charge is 0.414 e. The third kappa shape index (κ3) is 6.87. The summed E-state index contributed by atoms with van der Waals surface area (Å²) in [5.74, 6) is -0.593. The van der Waals surface area contributed by atoms with Gasteiger partial charge in [-0.15, -0.1) is 0 Å². The van der Waals surface area contributed by atoms with Crippen LogP contribution >= 0.6 is 11.8 Å². The molecule has 34 heavy (non-hydrogen) atoms. The predicted octanol–water partition coefficient (Wildman–Crippen LogP) is 4.55. The molecule has 7 nitrogen and oxygen atoms in total. The molecule has 0 aliphatic carbocycles. The third-order valence-electron chi connectivity index (χ3n) is 5.72. The highest BCUT2D eigenvalue weighted by Gasteiger charge is 2.33. The molecule has 180 valence electrons. The lowest BCUT2D eigenvalue weighted by molar-refractivity contribution is -0.119. The molecule has 2 aliphatic rings. The second-order valence-electron chi connectivity index (χ2n) is 8.24. The van der Waals surface area contributed by atoms with Gasteiger partial charge in [-0.05, 0) is 49.7 Å². The van der Waals surface area contributed by atoms with Gasteiger partial charge in [0, 0.05) is 24.8 Å². The Balaban J connectivity index is 0.000000469. The van der Waals surface area contributed by atoms with Gasteiger partial charge in [0.25, 0.3) is 0 Å². The van der Waals surface area contributed by atoms with Crippen LogP contribution in [-0.4, -0.2) is 49.0 Å². The number of rotatable bonds is 5. The fourth-order valence-corrected chi connectivity index (χ4v) is 4.79. The molecule has 2 amide bonds. The molecule has 2 aromatic carbocycles. The second kappa shape index (κ2) is 12.3. The number of nitrogens with zero attached hydrogens (tertiary/aromatic N) is 3. The molecular formula is C25H29FN4O3S. The molecular weight excluding hydrogens is 455 g/mol. The van der Waals surface area contributed by atoms with Crippen LogP contribution in [0.5, 0.6) is 0 Å². The summed E-state index contributed by atoms with van der Waals surface area (Å²) < 4.78 is 20.1. The highest BCUT2D eigenvalue weighted by atomic mass is 32.2. The van der Waals surface area contributed by atoms with Crippen molar-refractivity contribution in [1.82, 2.24) is 5.32 Å². The Labute approximate surface area is 203 Å². The lowest BCUT2D eigenvalue weighted by atomic mass is 10.0. The average molecular weight is 485 g/mol. The lowest BCUT2D eigenvalue weighted by Crippen LogP contribution is -2.42. The van der Waals surface area contributed by atoms with Crippen LogP contribution in [0.3, 0.4) is 0 Å².